The number of rotatable bonds is 4. The normalized spacial score (nSPS) is 11.9. The third-order valence-electron chi connectivity index (χ3n) is 3.02. The van der Waals surface area contributed by atoms with Gasteiger partial charge < -0.3 is 0 Å². The van der Waals surface area contributed by atoms with E-state index in [0.29, 0.717) is 15.5 Å². The number of halogens is 2. The Morgan fingerprint density at radius 3 is 2.95 bits per heavy atom. The van der Waals surface area contributed by atoms with Gasteiger partial charge in [-0.15, -0.1) is 0 Å². The Morgan fingerprint density at radius 2 is 2.14 bits per heavy atom. The summed E-state index contributed by atoms with van der Waals surface area (Å²) in [6, 6.07) is 7.54. The van der Waals surface area contributed by atoms with E-state index in [9.17, 15) is 12.8 Å². The lowest BCUT2D eigenvalue weighted by molar-refractivity contribution is 0.571. The molecule has 0 atom stereocenters. The zero-order chi connectivity index (χ0) is 15.7. The van der Waals surface area contributed by atoms with Crippen LogP contribution in [0.4, 0.5) is 4.39 Å². The van der Waals surface area contributed by atoms with E-state index < -0.39 is 15.8 Å². The van der Waals surface area contributed by atoms with Crippen LogP contribution >= 0.6 is 15.9 Å². The lowest BCUT2D eigenvalue weighted by Gasteiger charge is -2.06. The monoisotopic (exact) mass is 384 g/mol. The molecule has 1 aromatic carbocycles. The van der Waals surface area contributed by atoms with E-state index in [-0.39, 0.29) is 17.1 Å². The van der Waals surface area contributed by atoms with E-state index in [0.717, 1.165) is 0 Å². The van der Waals surface area contributed by atoms with Gasteiger partial charge in [0.1, 0.15) is 5.82 Å². The number of benzene rings is 1. The first-order valence-electron chi connectivity index (χ1n) is 6.20. The van der Waals surface area contributed by atoms with Crippen LogP contribution in [-0.4, -0.2) is 23.6 Å². The minimum absolute atomic E-state index is 0.161. The molecule has 3 rings (SSSR count). The highest BCUT2D eigenvalue weighted by molar-refractivity contribution is 9.10. The summed E-state index contributed by atoms with van der Waals surface area (Å²) in [6.45, 7) is -0.178. The van der Waals surface area contributed by atoms with Crippen molar-refractivity contribution in [2.24, 2.45) is 0 Å². The molecule has 0 amide bonds. The first-order valence-corrected chi connectivity index (χ1v) is 8.48. The SMILES string of the molecule is O=S(=O)(NCc1cc(Br)ccc1F)c1n[nH]c2ncccc12. The molecule has 0 saturated heterocycles. The number of nitrogens with zero attached hydrogens (tertiary/aromatic N) is 2. The number of H-pyrrole nitrogens is 1. The van der Waals surface area contributed by atoms with Gasteiger partial charge in [-0.25, -0.2) is 22.5 Å². The highest BCUT2D eigenvalue weighted by Crippen LogP contribution is 2.19. The molecule has 2 heterocycles. The van der Waals surface area contributed by atoms with Crippen LogP contribution < -0.4 is 4.72 Å². The third-order valence-corrected chi connectivity index (χ3v) is 4.85. The fourth-order valence-corrected chi connectivity index (χ4v) is 3.47. The molecule has 0 radical (unpaired) electrons. The minimum Gasteiger partial charge on any atom is -0.259 e. The summed E-state index contributed by atoms with van der Waals surface area (Å²) in [6.07, 6.45) is 1.53. The molecular weight excluding hydrogens is 375 g/mol. The summed E-state index contributed by atoms with van der Waals surface area (Å²) in [5.74, 6) is -0.487. The molecular formula is C13H10BrFN4O2S. The predicted molar refractivity (Wildman–Crippen MR) is 82.0 cm³/mol. The molecule has 22 heavy (non-hydrogen) atoms. The topological polar surface area (TPSA) is 87.7 Å². The van der Waals surface area contributed by atoms with Crippen molar-refractivity contribution in [3.63, 3.8) is 0 Å². The molecule has 0 aliphatic heterocycles. The van der Waals surface area contributed by atoms with Gasteiger partial charge in [0.2, 0.25) is 5.03 Å². The smallest absolute Gasteiger partial charge is 0.259 e. The van der Waals surface area contributed by atoms with Crippen molar-refractivity contribution < 1.29 is 12.8 Å². The molecule has 2 N–H and O–H groups in total. The maximum Gasteiger partial charge on any atom is 0.260 e. The van der Waals surface area contributed by atoms with E-state index in [2.05, 4.69) is 35.8 Å². The van der Waals surface area contributed by atoms with E-state index in [1.807, 2.05) is 0 Å². The van der Waals surface area contributed by atoms with E-state index in [4.69, 9.17) is 0 Å². The van der Waals surface area contributed by atoms with Crippen molar-refractivity contribution in [1.29, 1.82) is 0 Å². The van der Waals surface area contributed by atoms with E-state index in [1.165, 1.54) is 18.3 Å². The fourth-order valence-electron chi connectivity index (χ4n) is 1.96. The fraction of sp³-hybridized carbons (Fsp3) is 0.0769. The van der Waals surface area contributed by atoms with Crippen LogP contribution in [0.2, 0.25) is 0 Å². The predicted octanol–water partition coefficient (Wildman–Crippen LogP) is 2.34. The molecule has 0 bridgehead atoms. The van der Waals surface area contributed by atoms with Crippen LogP contribution in [0.15, 0.2) is 46.0 Å². The second-order valence-electron chi connectivity index (χ2n) is 4.49. The molecule has 9 heteroatoms. The molecule has 0 aliphatic rings. The molecule has 0 unspecified atom stereocenters. The number of fused-ring (bicyclic) bond motifs is 1. The Hall–Kier alpha value is -1.84. The van der Waals surface area contributed by atoms with Crippen molar-refractivity contribution in [3.05, 3.63) is 52.4 Å². The van der Waals surface area contributed by atoms with Gasteiger partial charge in [0, 0.05) is 22.8 Å². The van der Waals surface area contributed by atoms with Crippen LogP contribution in [-0.2, 0) is 16.6 Å². The van der Waals surface area contributed by atoms with E-state index >= 15 is 0 Å². The van der Waals surface area contributed by atoms with Crippen molar-refractivity contribution in [2.45, 2.75) is 11.6 Å². The van der Waals surface area contributed by atoms with Crippen molar-refractivity contribution >= 4 is 37.0 Å². The summed E-state index contributed by atoms with van der Waals surface area (Å²) in [7, 11) is -3.89. The Kier molecular flexibility index (Phi) is 3.94. The van der Waals surface area contributed by atoms with Gasteiger partial charge in [-0.1, -0.05) is 15.9 Å². The van der Waals surface area contributed by atoms with Gasteiger partial charge in [0.25, 0.3) is 10.0 Å². The second kappa shape index (κ2) is 5.75. The molecule has 0 fully saturated rings. The van der Waals surface area contributed by atoms with Gasteiger partial charge in [0.05, 0.1) is 5.39 Å². The Bertz CT molecular complexity index is 942. The highest BCUT2D eigenvalue weighted by Gasteiger charge is 2.21. The van der Waals surface area contributed by atoms with Gasteiger partial charge in [-0.3, -0.25) is 5.10 Å². The third kappa shape index (κ3) is 2.87. The van der Waals surface area contributed by atoms with E-state index in [1.54, 1.807) is 18.2 Å². The Morgan fingerprint density at radius 1 is 1.32 bits per heavy atom. The lowest BCUT2D eigenvalue weighted by Crippen LogP contribution is -2.24. The summed E-state index contributed by atoms with van der Waals surface area (Å²) in [4.78, 5) is 3.98. The highest BCUT2D eigenvalue weighted by atomic mass is 79.9. The van der Waals surface area contributed by atoms with Gasteiger partial charge in [-0.2, -0.15) is 5.10 Å². The van der Waals surface area contributed by atoms with Gasteiger partial charge in [0.15, 0.2) is 5.65 Å². The Balaban J connectivity index is 1.89. The summed E-state index contributed by atoms with van der Waals surface area (Å²) < 4.78 is 41.3. The maximum absolute atomic E-state index is 13.7. The van der Waals surface area contributed by atoms with Crippen LogP contribution in [0.25, 0.3) is 11.0 Å². The molecule has 114 valence electrons. The average molecular weight is 385 g/mol. The summed E-state index contributed by atoms with van der Waals surface area (Å²) >= 11 is 3.22. The number of sulfonamides is 1. The van der Waals surface area contributed by atoms with Gasteiger partial charge >= 0.3 is 0 Å². The van der Waals surface area contributed by atoms with Crippen LogP contribution in [0, 0.1) is 5.82 Å². The standard InChI is InChI=1S/C13H10BrFN4O2S/c14-9-3-4-11(15)8(6-9)7-17-22(20,21)13-10-2-1-5-16-12(10)18-19-13/h1-6,17H,7H2,(H,16,18,19). The molecule has 0 saturated carbocycles. The summed E-state index contributed by atoms with van der Waals surface area (Å²) in [5, 5.41) is 6.55. The van der Waals surface area contributed by atoms with Crippen LogP contribution in [0.5, 0.6) is 0 Å². The minimum atomic E-state index is -3.89. The van der Waals surface area contributed by atoms with Crippen molar-refractivity contribution in [3.8, 4) is 0 Å². The van der Waals surface area contributed by atoms with Crippen molar-refractivity contribution in [1.82, 2.24) is 19.9 Å². The maximum atomic E-state index is 13.7. The Labute approximate surface area is 133 Å². The molecule has 3 aromatic rings. The van der Waals surface area contributed by atoms with Crippen LogP contribution in [0.1, 0.15) is 5.56 Å². The number of hydrogen-bond acceptors (Lipinski definition) is 4. The summed E-state index contributed by atoms with van der Waals surface area (Å²) in [5.41, 5.74) is 0.604. The quantitative estimate of drug-likeness (QED) is 0.722. The molecule has 0 spiro atoms. The number of aromatic amines is 1. The van der Waals surface area contributed by atoms with Crippen molar-refractivity contribution in [2.75, 3.05) is 0 Å². The van der Waals surface area contributed by atoms with Gasteiger partial charge in [-0.05, 0) is 30.3 Å². The largest absolute Gasteiger partial charge is 0.260 e. The second-order valence-corrected chi connectivity index (χ2v) is 7.09. The number of aromatic nitrogens is 3. The molecule has 2 aromatic heterocycles. The first kappa shape index (κ1) is 15.1. The van der Waals surface area contributed by atoms with Crippen LogP contribution in [0.3, 0.4) is 0 Å². The average Bonchev–Trinajstić information content (AvgIpc) is 2.93. The lowest BCUT2D eigenvalue weighted by atomic mass is 10.2. The number of pyridine rings is 1. The molecule has 6 nitrogen and oxygen atoms in total. The molecule has 0 aliphatic carbocycles. The first-order chi connectivity index (χ1) is 10.5. The zero-order valence-electron chi connectivity index (χ0n) is 11.0. The number of nitrogens with one attached hydrogen (secondary N) is 2. The zero-order valence-corrected chi connectivity index (χ0v) is 13.4. The number of hydrogen-bond donors (Lipinski definition) is 2.